The van der Waals surface area contributed by atoms with E-state index in [4.69, 9.17) is 0 Å². The van der Waals surface area contributed by atoms with Crippen molar-refractivity contribution in [2.45, 2.75) is 27.7 Å². The predicted octanol–water partition coefficient (Wildman–Crippen LogP) is -0.656. The second-order valence-electron chi connectivity index (χ2n) is 2.85. The Bertz CT molecular complexity index is 229. The van der Waals surface area contributed by atoms with E-state index in [-0.39, 0.29) is 40.0 Å². The molecule has 62 valence electrons. The van der Waals surface area contributed by atoms with Crippen LogP contribution in [0, 0.1) is 33.8 Å². The fourth-order valence-corrected chi connectivity index (χ4v) is 1.01. The Morgan fingerprint density at radius 1 is 1.00 bits per heavy atom. The smallest absolute Gasteiger partial charge is 1.00 e. The van der Waals surface area contributed by atoms with E-state index in [0.29, 0.717) is 0 Å². The molecule has 0 bridgehead atoms. The molecule has 0 unspecified atom stereocenters. The van der Waals surface area contributed by atoms with Gasteiger partial charge in [0.25, 0.3) is 0 Å². The molecule has 0 aliphatic heterocycles. The Kier molecular flexibility index (Phi) is 7.48. The van der Waals surface area contributed by atoms with Crippen molar-refractivity contribution in [3.63, 3.8) is 0 Å². The van der Waals surface area contributed by atoms with Crippen LogP contribution in [-0.2, 0) is 0 Å². The summed E-state index contributed by atoms with van der Waals surface area (Å²) in [6, 6.07) is 5.26. The van der Waals surface area contributed by atoms with Gasteiger partial charge in [-0.15, -0.1) is 0 Å². The van der Waals surface area contributed by atoms with Crippen molar-refractivity contribution in [1.82, 2.24) is 0 Å². The Morgan fingerprint density at radius 2 is 1.50 bits per heavy atom. The molecule has 0 aromatic heterocycles. The number of benzene rings is 1. The molecule has 0 fully saturated rings. The molecule has 0 N–H and O–H groups in total. The predicted molar refractivity (Wildman–Crippen MR) is 50.0 cm³/mol. The van der Waals surface area contributed by atoms with Crippen molar-refractivity contribution in [2.24, 2.45) is 0 Å². The first-order valence-electron chi connectivity index (χ1n) is 3.58. The molecule has 1 aromatic rings. The third-order valence-corrected chi connectivity index (χ3v) is 2.22. The normalized spacial score (nSPS) is 8.33. The van der Waals surface area contributed by atoms with Gasteiger partial charge in [-0.2, -0.15) is 34.4 Å². The Balaban J connectivity index is 0. The fourth-order valence-electron chi connectivity index (χ4n) is 1.01. The standard InChI is InChI=1S/C10H13.BrH.Mg/c1-7-5-6-8(2)10(4)9(7)3;;/h5H,1-4H3;1H;/q-1;;+2/p-1. The summed E-state index contributed by atoms with van der Waals surface area (Å²) in [5.41, 5.74) is 5.38. The van der Waals surface area contributed by atoms with Crippen LogP contribution >= 0.6 is 0 Å². The summed E-state index contributed by atoms with van der Waals surface area (Å²) < 4.78 is 0. The minimum absolute atomic E-state index is 0. The van der Waals surface area contributed by atoms with E-state index in [0.717, 1.165) is 0 Å². The van der Waals surface area contributed by atoms with Crippen LogP contribution in [0.2, 0.25) is 0 Å². The average molecular weight is 237 g/mol. The van der Waals surface area contributed by atoms with E-state index in [1.54, 1.807) is 0 Å². The SMILES string of the molecule is Cc1[c-]cc(C)c(C)c1C.[Br-].[Mg+2]. The molecule has 0 heterocycles. The molecule has 1 aromatic carbocycles. The van der Waals surface area contributed by atoms with Crippen LogP contribution in [0.4, 0.5) is 0 Å². The van der Waals surface area contributed by atoms with Gasteiger partial charge in [-0.05, 0) is 0 Å². The summed E-state index contributed by atoms with van der Waals surface area (Å²) >= 11 is 0. The second kappa shape index (κ2) is 6.00. The first-order chi connectivity index (χ1) is 4.63. The molecule has 0 aliphatic carbocycles. The number of halogens is 1. The van der Waals surface area contributed by atoms with Gasteiger partial charge in [-0.3, -0.25) is 0 Å². The fraction of sp³-hybridized carbons (Fsp3) is 0.400. The molecule has 12 heavy (non-hydrogen) atoms. The summed E-state index contributed by atoms with van der Waals surface area (Å²) in [7, 11) is 0. The van der Waals surface area contributed by atoms with Crippen molar-refractivity contribution in [3.8, 4) is 0 Å². The minimum Gasteiger partial charge on any atom is -1.00 e. The van der Waals surface area contributed by atoms with Crippen LogP contribution in [0.3, 0.4) is 0 Å². The Morgan fingerprint density at radius 3 is 1.92 bits per heavy atom. The molecular formula is C10H13BrMg. The quantitative estimate of drug-likeness (QED) is 0.415. The molecule has 0 nitrogen and oxygen atoms in total. The maximum Gasteiger partial charge on any atom is 2.00 e. The Hall–Kier alpha value is 0.466. The number of rotatable bonds is 0. The van der Waals surface area contributed by atoms with E-state index in [9.17, 15) is 0 Å². The van der Waals surface area contributed by atoms with Gasteiger partial charge < -0.3 is 17.0 Å². The van der Waals surface area contributed by atoms with Crippen LogP contribution in [0.1, 0.15) is 22.3 Å². The first-order valence-corrected chi connectivity index (χ1v) is 3.58. The number of aryl methyl sites for hydroxylation is 2. The van der Waals surface area contributed by atoms with E-state index in [2.05, 4.69) is 39.8 Å². The summed E-state index contributed by atoms with van der Waals surface area (Å²) in [5.74, 6) is 0. The maximum atomic E-state index is 3.21. The molecule has 0 radical (unpaired) electrons. The molecule has 0 saturated heterocycles. The van der Waals surface area contributed by atoms with E-state index in [1.165, 1.54) is 22.3 Å². The summed E-state index contributed by atoms with van der Waals surface area (Å²) in [6.45, 7) is 8.53. The molecule has 0 spiro atoms. The van der Waals surface area contributed by atoms with Gasteiger partial charge in [0.2, 0.25) is 0 Å². The van der Waals surface area contributed by atoms with Crippen LogP contribution in [0.25, 0.3) is 0 Å². The minimum atomic E-state index is 0. The summed E-state index contributed by atoms with van der Waals surface area (Å²) in [5, 5.41) is 0. The molecule has 0 atom stereocenters. The topological polar surface area (TPSA) is 0 Å². The molecule has 2 heteroatoms. The van der Waals surface area contributed by atoms with Crippen molar-refractivity contribution >= 4 is 23.1 Å². The van der Waals surface area contributed by atoms with Gasteiger partial charge in [0.1, 0.15) is 0 Å². The second-order valence-corrected chi connectivity index (χ2v) is 2.85. The van der Waals surface area contributed by atoms with Crippen LogP contribution < -0.4 is 17.0 Å². The molecular weight excluding hydrogens is 224 g/mol. The van der Waals surface area contributed by atoms with Gasteiger partial charge in [0.05, 0.1) is 0 Å². The van der Waals surface area contributed by atoms with Gasteiger partial charge in [-0.25, -0.2) is 0 Å². The van der Waals surface area contributed by atoms with Gasteiger partial charge in [-0.1, -0.05) is 27.7 Å². The third kappa shape index (κ3) is 3.07. The third-order valence-electron chi connectivity index (χ3n) is 2.22. The van der Waals surface area contributed by atoms with E-state index >= 15 is 0 Å². The van der Waals surface area contributed by atoms with Crippen molar-refractivity contribution in [1.29, 1.82) is 0 Å². The zero-order chi connectivity index (χ0) is 7.72. The summed E-state index contributed by atoms with van der Waals surface area (Å²) in [6.07, 6.45) is 0. The van der Waals surface area contributed by atoms with Crippen LogP contribution in [-0.4, -0.2) is 23.1 Å². The number of hydrogen-bond donors (Lipinski definition) is 0. The van der Waals surface area contributed by atoms with Gasteiger partial charge in [0, 0.05) is 0 Å². The average Bonchev–Trinajstić information content (AvgIpc) is 1.93. The van der Waals surface area contributed by atoms with E-state index < -0.39 is 0 Å². The monoisotopic (exact) mass is 236 g/mol. The molecule has 0 amide bonds. The van der Waals surface area contributed by atoms with Gasteiger partial charge in [0.15, 0.2) is 0 Å². The molecule has 1 rings (SSSR count). The zero-order valence-electron chi connectivity index (χ0n) is 8.16. The van der Waals surface area contributed by atoms with Crippen molar-refractivity contribution < 1.29 is 17.0 Å². The molecule has 0 aliphatic rings. The summed E-state index contributed by atoms with van der Waals surface area (Å²) in [4.78, 5) is 0. The van der Waals surface area contributed by atoms with Crippen LogP contribution in [0.15, 0.2) is 6.07 Å². The maximum absolute atomic E-state index is 3.21. The number of hydrogen-bond acceptors (Lipinski definition) is 0. The Labute approximate surface area is 102 Å². The first kappa shape index (κ1) is 15.0. The zero-order valence-corrected chi connectivity index (χ0v) is 11.2. The van der Waals surface area contributed by atoms with Crippen molar-refractivity contribution in [3.05, 3.63) is 34.4 Å². The van der Waals surface area contributed by atoms with Crippen LogP contribution in [0.5, 0.6) is 0 Å². The van der Waals surface area contributed by atoms with Gasteiger partial charge >= 0.3 is 23.1 Å². The van der Waals surface area contributed by atoms with Crippen molar-refractivity contribution in [2.75, 3.05) is 0 Å². The van der Waals surface area contributed by atoms with E-state index in [1.807, 2.05) is 0 Å². The molecule has 0 saturated carbocycles. The largest absolute Gasteiger partial charge is 2.00 e.